The van der Waals surface area contributed by atoms with Crippen molar-refractivity contribution in [2.75, 3.05) is 5.75 Å². The number of rotatable bonds is 3. The zero-order chi connectivity index (χ0) is 13.4. The summed E-state index contributed by atoms with van der Waals surface area (Å²) >= 11 is 0. The van der Waals surface area contributed by atoms with Crippen molar-refractivity contribution in [3.8, 4) is 0 Å². The number of benzene rings is 1. The Morgan fingerprint density at radius 1 is 1.42 bits per heavy atom. The fourth-order valence-corrected chi connectivity index (χ4v) is 2.97. The van der Waals surface area contributed by atoms with Gasteiger partial charge in [-0.1, -0.05) is 37.3 Å². The van der Waals surface area contributed by atoms with Gasteiger partial charge in [0.2, 0.25) is 5.16 Å². The second-order valence-electron chi connectivity index (χ2n) is 4.46. The van der Waals surface area contributed by atoms with Crippen LogP contribution in [0.2, 0.25) is 0 Å². The highest BCUT2D eigenvalue weighted by atomic mass is 32.2. The van der Waals surface area contributed by atoms with Crippen molar-refractivity contribution in [3.63, 3.8) is 0 Å². The molecule has 0 saturated carbocycles. The van der Waals surface area contributed by atoms with Gasteiger partial charge in [0, 0.05) is 12.2 Å². The van der Waals surface area contributed by atoms with E-state index in [2.05, 4.69) is 10.1 Å². The minimum Gasteiger partial charge on any atom is -0.251 e. The van der Waals surface area contributed by atoms with Gasteiger partial charge in [-0.2, -0.15) is 0 Å². The van der Waals surface area contributed by atoms with Crippen molar-refractivity contribution in [1.29, 1.82) is 0 Å². The van der Waals surface area contributed by atoms with Crippen LogP contribution in [0.25, 0.3) is 0 Å². The fourth-order valence-electron chi connectivity index (χ4n) is 2.34. The molecule has 2 heterocycles. The summed E-state index contributed by atoms with van der Waals surface area (Å²) in [5, 5.41) is 4.47. The normalized spacial score (nSPS) is 23.3. The minimum atomic E-state index is -1.24. The van der Waals surface area contributed by atoms with Gasteiger partial charge in [-0.15, -0.1) is 5.10 Å². The van der Waals surface area contributed by atoms with E-state index in [0.29, 0.717) is 18.0 Å². The largest absolute Gasteiger partial charge is 0.251 e. The molecule has 19 heavy (non-hydrogen) atoms. The predicted molar refractivity (Wildman–Crippen MR) is 70.0 cm³/mol. The molecule has 0 N–H and O–H groups in total. The van der Waals surface area contributed by atoms with E-state index in [1.54, 1.807) is 11.6 Å². The lowest BCUT2D eigenvalue weighted by Gasteiger charge is -2.11. The van der Waals surface area contributed by atoms with E-state index in [0.717, 1.165) is 5.56 Å². The average molecular weight is 279 g/mol. The van der Waals surface area contributed by atoms with Crippen LogP contribution in [0.1, 0.15) is 36.9 Å². The number of aromatic nitrogens is 3. The lowest BCUT2D eigenvalue weighted by atomic mass is 10.0. The number of nitrogens with zero attached hydrogens (tertiary/aromatic N) is 3. The van der Waals surface area contributed by atoms with Crippen LogP contribution < -0.4 is 0 Å². The third-order valence-electron chi connectivity index (χ3n) is 3.29. The number of alkyl halides is 1. The molecule has 1 aliphatic rings. The highest BCUT2D eigenvalue weighted by molar-refractivity contribution is 7.84. The monoisotopic (exact) mass is 279 g/mol. The van der Waals surface area contributed by atoms with Gasteiger partial charge in [-0.25, -0.2) is 14.1 Å². The number of fused-ring (bicyclic) bond motifs is 1. The lowest BCUT2D eigenvalue weighted by Crippen LogP contribution is -2.08. The molecule has 0 unspecified atom stereocenters. The highest BCUT2D eigenvalue weighted by Gasteiger charge is 2.35. The molecule has 0 fully saturated rings. The molecule has 0 spiro atoms. The molecule has 3 rings (SSSR count). The van der Waals surface area contributed by atoms with E-state index in [9.17, 15) is 8.60 Å². The van der Waals surface area contributed by atoms with E-state index < -0.39 is 17.0 Å². The molecule has 2 aromatic rings. The Morgan fingerprint density at radius 2 is 2.16 bits per heavy atom. The molecule has 0 aliphatic carbocycles. The summed E-state index contributed by atoms with van der Waals surface area (Å²) in [7, 11) is -1.24. The molecular formula is C13H14FN3OS. The second-order valence-corrected chi connectivity index (χ2v) is 6.09. The topological polar surface area (TPSA) is 47.8 Å². The number of hydrogen-bond donors (Lipinski definition) is 0. The van der Waals surface area contributed by atoms with Crippen molar-refractivity contribution in [1.82, 2.24) is 14.8 Å². The molecule has 0 saturated heterocycles. The third-order valence-corrected chi connectivity index (χ3v) is 4.40. The Morgan fingerprint density at radius 3 is 2.84 bits per heavy atom. The van der Waals surface area contributed by atoms with Gasteiger partial charge in [0.25, 0.3) is 0 Å². The molecule has 100 valence electrons. The Labute approximate surface area is 113 Å². The van der Waals surface area contributed by atoms with Crippen molar-refractivity contribution in [2.45, 2.75) is 30.7 Å². The van der Waals surface area contributed by atoms with Crippen LogP contribution in [0.5, 0.6) is 0 Å². The van der Waals surface area contributed by atoms with Gasteiger partial charge in [0.1, 0.15) is 0 Å². The molecule has 4 nitrogen and oxygen atoms in total. The first kappa shape index (κ1) is 12.5. The van der Waals surface area contributed by atoms with Gasteiger partial charge in [-0.3, -0.25) is 4.21 Å². The molecule has 0 amide bonds. The molecule has 0 bridgehead atoms. The first-order valence-electron chi connectivity index (χ1n) is 6.24. The van der Waals surface area contributed by atoms with Crippen LogP contribution in [0.3, 0.4) is 0 Å². The van der Waals surface area contributed by atoms with E-state index in [1.165, 1.54) is 0 Å². The van der Waals surface area contributed by atoms with Gasteiger partial charge in [0.15, 0.2) is 12.0 Å². The van der Waals surface area contributed by atoms with E-state index >= 15 is 0 Å². The lowest BCUT2D eigenvalue weighted by molar-refractivity contribution is 0.327. The molecular weight excluding hydrogens is 265 g/mol. The Balaban J connectivity index is 2.02. The highest BCUT2D eigenvalue weighted by Crippen LogP contribution is 2.39. The van der Waals surface area contributed by atoms with Crippen LogP contribution in [0.4, 0.5) is 4.39 Å². The Hall–Kier alpha value is -1.56. The summed E-state index contributed by atoms with van der Waals surface area (Å²) < 4.78 is 27.3. The average Bonchev–Trinajstić information content (AvgIpc) is 3.00. The van der Waals surface area contributed by atoms with Crippen LogP contribution in [-0.4, -0.2) is 24.7 Å². The van der Waals surface area contributed by atoms with Crippen molar-refractivity contribution < 1.29 is 8.60 Å². The molecule has 3 atom stereocenters. The zero-order valence-corrected chi connectivity index (χ0v) is 11.3. The van der Waals surface area contributed by atoms with E-state index in [-0.39, 0.29) is 11.2 Å². The molecule has 1 aromatic heterocycles. The first-order valence-corrected chi connectivity index (χ1v) is 7.56. The quantitative estimate of drug-likeness (QED) is 0.867. The minimum absolute atomic E-state index is 0.152. The zero-order valence-electron chi connectivity index (χ0n) is 10.5. The van der Waals surface area contributed by atoms with Crippen molar-refractivity contribution in [2.24, 2.45) is 0 Å². The summed E-state index contributed by atoms with van der Waals surface area (Å²) in [5.41, 5.74) is 1.00. The SMILES string of the molecule is CC[S@@](=O)c1nc2n(n1)[C@H](c1ccccc1)C[C@@H]2F. The number of halogens is 1. The van der Waals surface area contributed by atoms with Crippen LogP contribution in [0.15, 0.2) is 35.5 Å². The second kappa shape index (κ2) is 4.85. The molecule has 1 aromatic carbocycles. The van der Waals surface area contributed by atoms with Crippen LogP contribution in [-0.2, 0) is 10.8 Å². The van der Waals surface area contributed by atoms with Gasteiger partial charge in [0.05, 0.1) is 16.8 Å². The van der Waals surface area contributed by atoms with Crippen LogP contribution >= 0.6 is 0 Å². The summed E-state index contributed by atoms with van der Waals surface area (Å²) in [4.78, 5) is 4.09. The summed E-state index contributed by atoms with van der Waals surface area (Å²) in [5.74, 6) is 0.738. The molecule has 6 heteroatoms. The summed E-state index contributed by atoms with van der Waals surface area (Å²) in [6.45, 7) is 1.80. The summed E-state index contributed by atoms with van der Waals surface area (Å²) in [6, 6.07) is 9.51. The first-order chi connectivity index (χ1) is 9.20. The molecule has 1 aliphatic heterocycles. The Kier molecular flexibility index (Phi) is 3.18. The van der Waals surface area contributed by atoms with E-state index in [4.69, 9.17) is 0 Å². The maximum Gasteiger partial charge on any atom is 0.239 e. The fraction of sp³-hybridized carbons (Fsp3) is 0.385. The van der Waals surface area contributed by atoms with Gasteiger partial charge >= 0.3 is 0 Å². The number of hydrogen-bond acceptors (Lipinski definition) is 3. The van der Waals surface area contributed by atoms with Gasteiger partial charge < -0.3 is 0 Å². The van der Waals surface area contributed by atoms with Crippen molar-refractivity contribution in [3.05, 3.63) is 41.7 Å². The smallest absolute Gasteiger partial charge is 0.239 e. The van der Waals surface area contributed by atoms with Crippen molar-refractivity contribution >= 4 is 10.8 Å². The van der Waals surface area contributed by atoms with Crippen LogP contribution in [0, 0.1) is 0 Å². The maximum absolute atomic E-state index is 14.0. The standard InChI is InChI=1S/C13H14FN3OS/c1-2-19(18)13-15-12-10(14)8-11(17(12)16-13)9-6-4-3-5-7-9/h3-7,10-11H,2,8H2,1H3/t10-,11-,19+/m0/s1. The maximum atomic E-state index is 14.0. The van der Waals surface area contributed by atoms with Gasteiger partial charge in [-0.05, 0) is 5.56 Å². The Bertz CT molecular complexity index is 614. The third kappa shape index (κ3) is 2.10. The molecule has 0 radical (unpaired) electrons. The van der Waals surface area contributed by atoms with E-state index in [1.807, 2.05) is 30.3 Å². The summed E-state index contributed by atoms with van der Waals surface area (Å²) in [6.07, 6.45) is -0.793. The predicted octanol–water partition coefficient (Wildman–Crippen LogP) is 2.41.